The topological polar surface area (TPSA) is 62.6 Å². The molecule has 12 heteroatoms. The van der Waals surface area contributed by atoms with Gasteiger partial charge in [0.15, 0.2) is 0 Å². The first-order valence-electron chi connectivity index (χ1n) is 15.4. The molecule has 0 bridgehead atoms. The van der Waals surface area contributed by atoms with E-state index in [-0.39, 0.29) is 31.0 Å². The zero-order valence-electron chi connectivity index (χ0n) is 25.6. The lowest BCUT2D eigenvalue weighted by atomic mass is 9.94. The number of para-hydroxylation sites is 2. The first-order valence-corrected chi connectivity index (χ1v) is 16.2. The number of anilines is 1. The second-order valence-electron chi connectivity index (χ2n) is 11.7. The zero-order valence-corrected chi connectivity index (χ0v) is 27.2. The van der Waals surface area contributed by atoms with Gasteiger partial charge in [-0.05, 0) is 67.8 Å². The summed E-state index contributed by atoms with van der Waals surface area (Å²) in [4.78, 5) is 22.0. The number of likely N-dealkylation sites (N-methyl/N-ethyl adjacent to an activating group) is 1. The summed E-state index contributed by atoms with van der Waals surface area (Å²) in [5.41, 5.74) is 3.32. The Labute approximate surface area is 277 Å². The molecular weight excluding hydrogens is 638 g/mol. The summed E-state index contributed by atoms with van der Waals surface area (Å²) < 4.78 is 44.5. The molecule has 0 radical (unpaired) electrons. The highest BCUT2D eigenvalue weighted by Crippen LogP contribution is 2.30. The van der Waals surface area contributed by atoms with Crippen LogP contribution in [0.25, 0.3) is 11.0 Å². The lowest BCUT2D eigenvalue weighted by molar-refractivity contribution is -0.174. The number of aromatic nitrogens is 2. The van der Waals surface area contributed by atoms with Crippen LogP contribution in [0, 0.1) is 0 Å². The minimum Gasteiger partial charge on any atom is -0.370 e. The Morgan fingerprint density at radius 3 is 2.46 bits per heavy atom. The third-order valence-electron chi connectivity index (χ3n) is 8.37. The van der Waals surface area contributed by atoms with E-state index < -0.39 is 12.8 Å². The fraction of sp³-hybridized carbons (Fsp3) is 0.412. The number of ether oxygens (including phenoxy) is 1. The molecule has 1 aromatic heterocycles. The number of carbonyl (C=O) groups excluding carboxylic acids is 1. The molecule has 5 rings (SSSR count). The number of nitrogens with zero attached hydrogens (tertiary/aromatic N) is 4. The molecule has 1 amide bonds. The molecule has 2 heterocycles. The Kier molecular flexibility index (Phi) is 11.5. The van der Waals surface area contributed by atoms with E-state index in [0.29, 0.717) is 28.1 Å². The standard InChI is InChI=1S/C34H38Cl2F3N5O2/c1-42(32(45)24-7-3-2-4-8-24)22-26(25-11-12-28(35)29(36)21-25)13-16-43-17-14-27(15-18-43)40-33-41-30-9-5-6-10-31(30)44(33)19-20-46-23-34(37,38)39/h2-12,21,26-27H,13-20,22-23H2,1H3,(H,40,41). The largest absolute Gasteiger partial charge is 0.411 e. The van der Waals surface area contributed by atoms with E-state index in [4.69, 9.17) is 32.9 Å². The molecule has 0 aliphatic carbocycles. The molecule has 1 saturated heterocycles. The van der Waals surface area contributed by atoms with E-state index in [1.807, 2.05) is 78.3 Å². The van der Waals surface area contributed by atoms with Crippen LogP contribution in [0.2, 0.25) is 10.0 Å². The highest BCUT2D eigenvalue weighted by molar-refractivity contribution is 6.42. The van der Waals surface area contributed by atoms with E-state index in [1.165, 1.54) is 0 Å². The van der Waals surface area contributed by atoms with Crippen LogP contribution in [-0.2, 0) is 11.3 Å². The molecule has 1 unspecified atom stereocenters. The van der Waals surface area contributed by atoms with Crippen LogP contribution < -0.4 is 5.32 Å². The molecule has 0 spiro atoms. The number of halogens is 5. The van der Waals surface area contributed by atoms with E-state index >= 15 is 0 Å². The van der Waals surface area contributed by atoms with Crippen LogP contribution >= 0.6 is 23.2 Å². The van der Waals surface area contributed by atoms with Crippen molar-refractivity contribution in [3.05, 3.63) is 94.0 Å². The van der Waals surface area contributed by atoms with Crippen molar-refractivity contribution in [2.45, 2.75) is 43.9 Å². The number of carbonyl (C=O) groups is 1. The number of nitrogens with one attached hydrogen (secondary N) is 1. The number of benzene rings is 3. The van der Waals surface area contributed by atoms with Crippen LogP contribution in [0.3, 0.4) is 0 Å². The minimum absolute atomic E-state index is 0.0320. The second-order valence-corrected chi connectivity index (χ2v) is 12.5. The molecule has 1 aliphatic rings. The Hall–Kier alpha value is -3.31. The summed E-state index contributed by atoms with van der Waals surface area (Å²) in [7, 11) is 1.83. The smallest absolute Gasteiger partial charge is 0.370 e. The number of piperidine rings is 1. The third-order valence-corrected chi connectivity index (χ3v) is 9.11. The quantitative estimate of drug-likeness (QED) is 0.147. The van der Waals surface area contributed by atoms with Crippen LogP contribution in [0.5, 0.6) is 0 Å². The summed E-state index contributed by atoms with van der Waals surface area (Å²) in [6.07, 6.45) is -1.76. The molecule has 1 aliphatic heterocycles. The van der Waals surface area contributed by atoms with Crippen molar-refractivity contribution in [1.29, 1.82) is 0 Å². The third kappa shape index (κ3) is 9.15. The van der Waals surface area contributed by atoms with E-state index in [2.05, 4.69) is 10.2 Å². The fourth-order valence-corrected chi connectivity index (χ4v) is 6.23. The van der Waals surface area contributed by atoms with Gasteiger partial charge in [-0.25, -0.2) is 4.98 Å². The maximum atomic E-state index is 13.1. The zero-order chi connectivity index (χ0) is 32.7. The predicted molar refractivity (Wildman–Crippen MR) is 177 cm³/mol. The maximum Gasteiger partial charge on any atom is 0.411 e. The Balaban J connectivity index is 1.18. The monoisotopic (exact) mass is 675 g/mol. The summed E-state index contributed by atoms with van der Waals surface area (Å²) in [6.45, 7) is 2.05. The first kappa shape index (κ1) is 34.0. The molecule has 1 N–H and O–H groups in total. The molecule has 246 valence electrons. The van der Waals surface area contributed by atoms with Gasteiger partial charge < -0.3 is 24.4 Å². The van der Waals surface area contributed by atoms with Crippen molar-refractivity contribution in [2.24, 2.45) is 0 Å². The molecule has 7 nitrogen and oxygen atoms in total. The number of amides is 1. The lowest BCUT2D eigenvalue weighted by Crippen LogP contribution is -2.40. The van der Waals surface area contributed by atoms with Gasteiger partial charge in [-0.3, -0.25) is 4.79 Å². The van der Waals surface area contributed by atoms with Gasteiger partial charge in [0, 0.05) is 50.7 Å². The average Bonchev–Trinajstić information content (AvgIpc) is 3.39. The average molecular weight is 677 g/mol. The summed E-state index contributed by atoms with van der Waals surface area (Å²) >= 11 is 12.6. The number of fused-ring (bicyclic) bond motifs is 1. The van der Waals surface area contributed by atoms with Gasteiger partial charge in [-0.2, -0.15) is 13.2 Å². The molecule has 1 atom stereocenters. The van der Waals surface area contributed by atoms with Crippen LogP contribution in [0.1, 0.15) is 41.1 Å². The molecular formula is C34H38Cl2F3N5O2. The number of rotatable bonds is 13. The van der Waals surface area contributed by atoms with Crippen molar-refractivity contribution in [3.8, 4) is 0 Å². The van der Waals surface area contributed by atoms with Gasteiger partial charge in [-0.1, -0.05) is 59.6 Å². The Morgan fingerprint density at radius 2 is 1.74 bits per heavy atom. The van der Waals surface area contributed by atoms with Gasteiger partial charge in [0.1, 0.15) is 6.61 Å². The predicted octanol–water partition coefficient (Wildman–Crippen LogP) is 7.74. The van der Waals surface area contributed by atoms with E-state index in [0.717, 1.165) is 55.5 Å². The fourth-order valence-electron chi connectivity index (χ4n) is 5.92. The van der Waals surface area contributed by atoms with Crippen molar-refractivity contribution in [2.75, 3.05) is 51.8 Å². The number of imidazole rings is 1. The second kappa shape index (κ2) is 15.5. The summed E-state index contributed by atoms with van der Waals surface area (Å²) in [5.74, 6) is 0.666. The number of hydrogen-bond acceptors (Lipinski definition) is 5. The SMILES string of the molecule is CN(CC(CCN1CCC(Nc2nc3ccccc3n2CCOCC(F)(F)F)CC1)c1ccc(Cl)c(Cl)c1)C(=O)c1ccccc1. The van der Waals surface area contributed by atoms with E-state index in [1.54, 1.807) is 11.0 Å². The molecule has 3 aromatic carbocycles. The van der Waals surface area contributed by atoms with Crippen molar-refractivity contribution >= 4 is 46.1 Å². The maximum absolute atomic E-state index is 13.1. The van der Waals surface area contributed by atoms with Crippen LogP contribution in [0.15, 0.2) is 72.8 Å². The Bertz CT molecular complexity index is 1590. The van der Waals surface area contributed by atoms with E-state index in [9.17, 15) is 18.0 Å². The van der Waals surface area contributed by atoms with Gasteiger partial charge in [-0.15, -0.1) is 0 Å². The van der Waals surface area contributed by atoms with Crippen LogP contribution in [0.4, 0.5) is 19.1 Å². The van der Waals surface area contributed by atoms with Gasteiger partial charge in [0.25, 0.3) is 5.91 Å². The number of hydrogen-bond donors (Lipinski definition) is 1. The number of likely N-dealkylation sites (tertiary alicyclic amines) is 1. The number of alkyl halides is 3. The van der Waals surface area contributed by atoms with Gasteiger partial charge >= 0.3 is 6.18 Å². The van der Waals surface area contributed by atoms with Crippen LogP contribution in [-0.4, -0.2) is 83.9 Å². The van der Waals surface area contributed by atoms with Crippen molar-refractivity contribution in [3.63, 3.8) is 0 Å². The first-order chi connectivity index (χ1) is 22.1. The molecule has 4 aromatic rings. The van der Waals surface area contributed by atoms with Crippen molar-refractivity contribution < 1.29 is 22.7 Å². The molecule has 1 fully saturated rings. The summed E-state index contributed by atoms with van der Waals surface area (Å²) in [5, 5.41) is 4.54. The molecule has 46 heavy (non-hydrogen) atoms. The lowest BCUT2D eigenvalue weighted by Gasteiger charge is -2.34. The minimum atomic E-state index is -4.36. The normalized spacial score (nSPS) is 15.3. The van der Waals surface area contributed by atoms with Gasteiger partial charge in [0.2, 0.25) is 5.95 Å². The van der Waals surface area contributed by atoms with Crippen molar-refractivity contribution in [1.82, 2.24) is 19.4 Å². The Morgan fingerprint density at radius 1 is 1.02 bits per heavy atom. The molecule has 0 saturated carbocycles. The highest BCUT2D eigenvalue weighted by Gasteiger charge is 2.28. The summed E-state index contributed by atoms with van der Waals surface area (Å²) in [6, 6.07) is 22.7. The highest BCUT2D eigenvalue weighted by atomic mass is 35.5. The van der Waals surface area contributed by atoms with Gasteiger partial charge in [0.05, 0.1) is 27.7 Å².